The first-order valence-electron chi connectivity index (χ1n) is 4.21. The molecule has 4 nitrogen and oxygen atoms in total. The van der Waals surface area contributed by atoms with Gasteiger partial charge in [-0.3, -0.25) is 0 Å². The van der Waals surface area contributed by atoms with E-state index in [0.717, 1.165) is 6.26 Å². The maximum absolute atomic E-state index is 11.3. The summed E-state index contributed by atoms with van der Waals surface area (Å²) in [6, 6.07) is 4.10. The van der Waals surface area contributed by atoms with Crippen molar-refractivity contribution in [1.29, 1.82) is 0 Å². The van der Waals surface area contributed by atoms with Gasteiger partial charge in [0.25, 0.3) is 0 Å². The maximum Gasteiger partial charge on any atom is 0.175 e. The molecule has 0 radical (unpaired) electrons. The van der Waals surface area contributed by atoms with Crippen LogP contribution in [-0.2, 0) is 9.84 Å². The zero-order valence-electron chi connectivity index (χ0n) is 8.14. The van der Waals surface area contributed by atoms with Gasteiger partial charge in [0, 0.05) is 10.7 Å². The Morgan fingerprint density at radius 3 is 2.53 bits per heavy atom. The number of halogens is 1. The minimum absolute atomic E-state index is 0.191. The van der Waals surface area contributed by atoms with Gasteiger partial charge in [-0.25, -0.2) is 8.42 Å². The van der Waals surface area contributed by atoms with E-state index in [4.69, 9.17) is 10.8 Å². The van der Waals surface area contributed by atoms with Gasteiger partial charge in [0.05, 0.1) is 17.5 Å². The van der Waals surface area contributed by atoms with E-state index in [-0.39, 0.29) is 11.5 Å². The van der Waals surface area contributed by atoms with Gasteiger partial charge in [0.1, 0.15) is 0 Å². The Morgan fingerprint density at radius 1 is 1.47 bits per heavy atom. The summed E-state index contributed by atoms with van der Waals surface area (Å²) in [6.07, 6.45) is 1.13. The second-order valence-corrected chi connectivity index (χ2v) is 6.21. The van der Waals surface area contributed by atoms with Gasteiger partial charge in [0.2, 0.25) is 0 Å². The first kappa shape index (κ1) is 12.6. The van der Waals surface area contributed by atoms with Crippen LogP contribution in [0.5, 0.6) is 0 Å². The zero-order chi connectivity index (χ0) is 11.6. The van der Waals surface area contributed by atoms with Gasteiger partial charge in [-0.2, -0.15) is 0 Å². The van der Waals surface area contributed by atoms with E-state index in [2.05, 4.69) is 15.9 Å². The smallest absolute Gasteiger partial charge is 0.175 e. The molecule has 0 aromatic heterocycles. The fourth-order valence-electron chi connectivity index (χ4n) is 1.12. The van der Waals surface area contributed by atoms with E-state index in [1.807, 2.05) is 0 Å². The normalized spacial score (nSPS) is 13.9. The van der Waals surface area contributed by atoms with Gasteiger partial charge in [-0.15, -0.1) is 0 Å². The molecule has 1 aromatic carbocycles. The summed E-state index contributed by atoms with van der Waals surface area (Å²) in [5.41, 5.74) is 6.20. The van der Waals surface area contributed by atoms with Gasteiger partial charge in [-0.1, -0.05) is 15.9 Å². The molecule has 0 aliphatic carbocycles. The van der Waals surface area contributed by atoms with E-state index in [1.54, 1.807) is 6.07 Å². The second kappa shape index (κ2) is 4.61. The van der Waals surface area contributed by atoms with E-state index >= 15 is 0 Å². The summed E-state index contributed by atoms with van der Waals surface area (Å²) in [7, 11) is -3.26. The number of aliphatic hydroxyl groups excluding tert-OH is 1. The molecule has 0 saturated carbocycles. The van der Waals surface area contributed by atoms with Crippen molar-refractivity contribution >= 4 is 25.8 Å². The fourth-order valence-corrected chi connectivity index (χ4v) is 2.47. The van der Waals surface area contributed by atoms with Crippen molar-refractivity contribution in [2.45, 2.75) is 10.9 Å². The molecule has 0 heterocycles. The van der Waals surface area contributed by atoms with Gasteiger partial charge < -0.3 is 10.8 Å². The molecule has 1 atom stereocenters. The Morgan fingerprint density at radius 2 is 2.07 bits per heavy atom. The number of hydrogen-bond acceptors (Lipinski definition) is 4. The third kappa shape index (κ3) is 3.27. The summed E-state index contributed by atoms with van der Waals surface area (Å²) in [5, 5.41) is 8.88. The van der Waals surface area contributed by atoms with Crippen LogP contribution in [0.3, 0.4) is 0 Å². The minimum Gasteiger partial charge on any atom is -0.394 e. The standard InChI is InChI=1S/C9H12BrNO3S/c1-15(13,14)8-3-6(9(11)5-12)2-7(10)4-8/h2-4,9,12H,5,11H2,1H3. The molecule has 0 saturated heterocycles. The molecule has 6 heteroatoms. The van der Waals surface area contributed by atoms with E-state index in [1.165, 1.54) is 12.1 Å². The van der Waals surface area contributed by atoms with Crippen LogP contribution in [0.15, 0.2) is 27.6 Å². The predicted molar refractivity (Wildman–Crippen MR) is 61.3 cm³/mol. The zero-order valence-corrected chi connectivity index (χ0v) is 10.5. The monoisotopic (exact) mass is 293 g/mol. The van der Waals surface area contributed by atoms with Crippen LogP contribution in [-0.4, -0.2) is 26.4 Å². The summed E-state index contributed by atoms with van der Waals surface area (Å²) < 4.78 is 23.3. The first-order valence-corrected chi connectivity index (χ1v) is 6.90. The highest BCUT2D eigenvalue weighted by Crippen LogP contribution is 2.22. The van der Waals surface area contributed by atoms with Crippen LogP contribution < -0.4 is 5.73 Å². The molecule has 84 valence electrons. The highest BCUT2D eigenvalue weighted by Gasteiger charge is 2.12. The lowest BCUT2D eigenvalue weighted by Crippen LogP contribution is -2.15. The highest BCUT2D eigenvalue weighted by atomic mass is 79.9. The Labute approximate surface area is 97.2 Å². The maximum atomic E-state index is 11.3. The number of nitrogens with two attached hydrogens (primary N) is 1. The van der Waals surface area contributed by atoms with Crippen LogP contribution >= 0.6 is 15.9 Å². The lowest BCUT2D eigenvalue weighted by Gasteiger charge is -2.10. The molecule has 0 fully saturated rings. The third-order valence-electron chi connectivity index (χ3n) is 1.95. The summed E-state index contributed by atoms with van der Waals surface area (Å²) in [4.78, 5) is 0.191. The molecule has 1 aromatic rings. The van der Waals surface area contributed by atoms with Crippen molar-refractivity contribution in [1.82, 2.24) is 0 Å². The van der Waals surface area contributed by atoms with Crippen LogP contribution in [0.1, 0.15) is 11.6 Å². The SMILES string of the molecule is CS(=O)(=O)c1cc(Br)cc(C(N)CO)c1. The predicted octanol–water partition coefficient (Wildman–Crippen LogP) is 0.845. The van der Waals surface area contributed by atoms with E-state index < -0.39 is 15.9 Å². The fraction of sp³-hybridized carbons (Fsp3) is 0.333. The van der Waals surface area contributed by atoms with Crippen molar-refractivity contribution in [3.05, 3.63) is 28.2 Å². The lowest BCUT2D eigenvalue weighted by atomic mass is 10.1. The third-order valence-corrected chi connectivity index (χ3v) is 3.50. The van der Waals surface area contributed by atoms with Crippen molar-refractivity contribution in [2.24, 2.45) is 5.73 Å². The molecular formula is C9H12BrNO3S. The molecule has 0 aliphatic heterocycles. The number of aliphatic hydroxyl groups is 1. The van der Waals surface area contributed by atoms with Gasteiger partial charge in [0.15, 0.2) is 9.84 Å². The van der Waals surface area contributed by atoms with Crippen LogP contribution in [0.25, 0.3) is 0 Å². The first-order chi connectivity index (χ1) is 6.84. The van der Waals surface area contributed by atoms with Gasteiger partial charge in [-0.05, 0) is 23.8 Å². The van der Waals surface area contributed by atoms with E-state index in [0.29, 0.717) is 10.0 Å². The Hall–Kier alpha value is -0.430. The molecule has 3 N–H and O–H groups in total. The van der Waals surface area contributed by atoms with Crippen molar-refractivity contribution in [2.75, 3.05) is 12.9 Å². The number of benzene rings is 1. The van der Waals surface area contributed by atoms with E-state index in [9.17, 15) is 8.42 Å². The quantitative estimate of drug-likeness (QED) is 0.866. The molecule has 0 amide bonds. The molecule has 0 bridgehead atoms. The molecular weight excluding hydrogens is 282 g/mol. The van der Waals surface area contributed by atoms with Crippen LogP contribution in [0, 0.1) is 0 Å². The highest BCUT2D eigenvalue weighted by molar-refractivity contribution is 9.10. The molecule has 0 aliphatic rings. The average Bonchev–Trinajstić information content (AvgIpc) is 2.14. The molecule has 0 spiro atoms. The number of hydrogen-bond donors (Lipinski definition) is 2. The topological polar surface area (TPSA) is 80.4 Å². The minimum atomic E-state index is -3.26. The lowest BCUT2D eigenvalue weighted by molar-refractivity contribution is 0.268. The summed E-state index contributed by atoms with van der Waals surface area (Å²) in [6.45, 7) is -0.223. The van der Waals surface area contributed by atoms with Gasteiger partial charge >= 0.3 is 0 Å². The van der Waals surface area contributed by atoms with Crippen molar-refractivity contribution < 1.29 is 13.5 Å². The van der Waals surface area contributed by atoms with Crippen LogP contribution in [0.4, 0.5) is 0 Å². The number of rotatable bonds is 3. The molecule has 1 rings (SSSR count). The van der Waals surface area contributed by atoms with Crippen molar-refractivity contribution in [3.63, 3.8) is 0 Å². The number of sulfone groups is 1. The Balaban J connectivity index is 3.29. The Bertz CT molecular complexity index is 458. The van der Waals surface area contributed by atoms with Crippen LogP contribution in [0.2, 0.25) is 0 Å². The summed E-state index contributed by atoms with van der Waals surface area (Å²) >= 11 is 3.20. The second-order valence-electron chi connectivity index (χ2n) is 3.28. The molecule has 1 unspecified atom stereocenters. The average molecular weight is 294 g/mol. The molecule has 15 heavy (non-hydrogen) atoms. The van der Waals surface area contributed by atoms with Crippen molar-refractivity contribution in [3.8, 4) is 0 Å². The summed E-state index contributed by atoms with van der Waals surface area (Å²) in [5.74, 6) is 0. The Kier molecular flexibility index (Phi) is 3.88. The largest absolute Gasteiger partial charge is 0.394 e.